The second kappa shape index (κ2) is 7.58. The van der Waals surface area contributed by atoms with E-state index in [1.54, 1.807) is 0 Å². The maximum absolute atomic E-state index is 3.66. The highest BCUT2D eigenvalue weighted by atomic mass is 15.1. The lowest BCUT2D eigenvalue weighted by atomic mass is 9.98. The molecule has 2 heteroatoms. The van der Waals surface area contributed by atoms with E-state index in [2.05, 4.69) is 80.5 Å². The molecule has 0 heterocycles. The van der Waals surface area contributed by atoms with E-state index in [0.29, 0.717) is 12.1 Å². The molecule has 2 unspecified atom stereocenters. The van der Waals surface area contributed by atoms with Crippen molar-refractivity contribution in [2.75, 3.05) is 20.1 Å². The molecule has 0 aliphatic carbocycles. The van der Waals surface area contributed by atoms with Crippen LogP contribution in [-0.4, -0.2) is 31.1 Å². The summed E-state index contributed by atoms with van der Waals surface area (Å²) in [5, 5.41) is 6.35. The van der Waals surface area contributed by atoms with E-state index >= 15 is 0 Å². The Hall–Kier alpha value is -1.38. The number of likely N-dealkylation sites (N-methyl/N-ethyl adjacent to an activating group) is 2. The molecule has 114 valence electrons. The zero-order chi connectivity index (χ0) is 15.2. The Morgan fingerprint density at radius 3 is 2.48 bits per heavy atom. The maximum Gasteiger partial charge on any atom is 0.0455 e. The van der Waals surface area contributed by atoms with Crippen LogP contribution in [-0.2, 0) is 0 Å². The minimum absolute atomic E-state index is 0.375. The van der Waals surface area contributed by atoms with Crippen LogP contribution in [0.4, 0.5) is 0 Å². The van der Waals surface area contributed by atoms with Gasteiger partial charge in [0.1, 0.15) is 0 Å². The van der Waals surface area contributed by atoms with Gasteiger partial charge in [-0.05, 0) is 43.3 Å². The summed E-state index contributed by atoms with van der Waals surface area (Å²) in [6.45, 7) is 8.76. The van der Waals surface area contributed by atoms with E-state index in [-0.39, 0.29) is 0 Å². The second-order valence-electron chi connectivity index (χ2n) is 5.88. The molecule has 0 fully saturated rings. The minimum atomic E-state index is 0.375. The molecule has 21 heavy (non-hydrogen) atoms. The Labute approximate surface area is 129 Å². The molecule has 2 nitrogen and oxygen atoms in total. The van der Waals surface area contributed by atoms with Gasteiger partial charge in [0.25, 0.3) is 0 Å². The van der Waals surface area contributed by atoms with E-state index < -0.39 is 0 Å². The van der Waals surface area contributed by atoms with Crippen molar-refractivity contribution in [2.24, 2.45) is 0 Å². The van der Waals surface area contributed by atoms with Crippen LogP contribution in [0.2, 0.25) is 0 Å². The molecule has 0 spiro atoms. The lowest BCUT2D eigenvalue weighted by Gasteiger charge is -2.30. The highest BCUT2D eigenvalue weighted by molar-refractivity contribution is 5.86. The van der Waals surface area contributed by atoms with Crippen molar-refractivity contribution in [3.05, 3.63) is 48.0 Å². The van der Waals surface area contributed by atoms with Crippen LogP contribution in [0.3, 0.4) is 0 Å². The Morgan fingerprint density at radius 2 is 1.76 bits per heavy atom. The zero-order valence-corrected chi connectivity index (χ0v) is 13.8. The Kier molecular flexibility index (Phi) is 5.77. The fraction of sp³-hybridized carbons (Fsp3) is 0.474. The summed E-state index contributed by atoms with van der Waals surface area (Å²) in [4.78, 5) is 2.45. The van der Waals surface area contributed by atoms with Crippen LogP contribution in [0.5, 0.6) is 0 Å². The lowest BCUT2D eigenvalue weighted by molar-refractivity contribution is 0.226. The highest BCUT2D eigenvalue weighted by Crippen LogP contribution is 2.25. The average molecular weight is 284 g/mol. The van der Waals surface area contributed by atoms with Gasteiger partial charge in [0.2, 0.25) is 0 Å². The van der Waals surface area contributed by atoms with Gasteiger partial charge in [-0.3, -0.25) is 0 Å². The van der Waals surface area contributed by atoms with Crippen LogP contribution in [0.15, 0.2) is 42.5 Å². The third-order valence-electron chi connectivity index (χ3n) is 4.46. The van der Waals surface area contributed by atoms with Gasteiger partial charge >= 0.3 is 0 Å². The molecule has 2 rings (SSSR count). The van der Waals surface area contributed by atoms with Crippen molar-refractivity contribution in [3.63, 3.8) is 0 Å². The standard InChI is InChI=1S/C19H28N2/c1-5-15(3)21(4)14-19(20-6-2)18-13-9-11-16-10-7-8-12-17(16)18/h7-13,15,19-20H,5-6,14H2,1-4H3. The lowest BCUT2D eigenvalue weighted by Crippen LogP contribution is -2.37. The van der Waals surface area contributed by atoms with E-state index in [1.807, 2.05) is 0 Å². The first-order valence-electron chi connectivity index (χ1n) is 8.08. The molecule has 0 bridgehead atoms. The first-order chi connectivity index (χ1) is 10.2. The average Bonchev–Trinajstić information content (AvgIpc) is 2.53. The van der Waals surface area contributed by atoms with Gasteiger partial charge in [-0.2, -0.15) is 0 Å². The molecule has 0 aliphatic heterocycles. The molecule has 2 aromatic carbocycles. The summed E-state index contributed by atoms with van der Waals surface area (Å²) in [5.74, 6) is 0. The number of rotatable bonds is 7. The summed E-state index contributed by atoms with van der Waals surface area (Å²) >= 11 is 0. The van der Waals surface area contributed by atoms with E-state index in [9.17, 15) is 0 Å². The highest BCUT2D eigenvalue weighted by Gasteiger charge is 2.17. The first-order valence-corrected chi connectivity index (χ1v) is 8.08. The number of hydrogen-bond donors (Lipinski definition) is 1. The number of nitrogens with one attached hydrogen (secondary N) is 1. The quantitative estimate of drug-likeness (QED) is 0.819. The molecule has 2 aromatic rings. The van der Waals surface area contributed by atoms with Crippen LogP contribution in [0, 0.1) is 0 Å². The van der Waals surface area contributed by atoms with Crippen molar-refractivity contribution in [1.82, 2.24) is 10.2 Å². The number of fused-ring (bicyclic) bond motifs is 1. The first kappa shape index (κ1) is 16.0. The number of hydrogen-bond acceptors (Lipinski definition) is 2. The van der Waals surface area contributed by atoms with Gasteiger partial charge in [-0.15, -0.1) is 0 Å². The van der Waals surface area contributed by atoms with Crippen LogP contribution < -0.4 is 5.32 Å². The van der Waals surface area contributed by atoms with Gasteiger partial charge in [-0.25, -0.2) is 0 Å². The predicted octanol–water partition coefficient (Wildman–Crippen LogP) is 4.22. The Bertz CT molecular complexity index is 559. The third-order valence-corrected chi connectivity index (χ3v) is 4.46. The van der Waals surface area contributed by atoms with E-state index in [1.165, 1.54) is 22.8 Å². The molecule has 0 saturated carbocycles. The van der Waals surface area contributed by atoms with Gasteiger partial charge in [-0.1, -0.05) is 56.3 Å². The fourth-order valence-corrected chi connectivity index (χ4v) is 2.85. The summed E-state index contributed by atoms with van der Waals surface area (Å²) in [5.41, 5.74) is 1.41. The van der Waals surface area contributed by atoms with Crippen molar-refractivity contribution in [1.29, 1.82) is 0 Å². The molecule has 0 radical (unpaired) electrons. The van der Waals surface area contributed by atoms with E-state index in [4.69, 9.17) is 0 Å². The van der Waals surface area contributed by atoms with Crippen LogP contribution in [0.1, 0.15) is 38.8 Å². The fourth-order valence-electron chi connectivity index (χ4n) is 2.85. The van der Waals surface area contributed by atoms with Crippen LogP contribution in [0.25, 0.3) is 10.8 Å². The molecule has 0 amide bonds. The zero-order valence-electron chi connectivity index (χ0n) is 13.8. The molecule has 0 saturated heterocycles. The molecule has 2 atom stereocenters. The normalized spacial score (nSPS) is 14.5. The third kappa shape index (κ3) is 3.84. The molecular weight excluding hydrogens is 256 g/mol. The van der Waals surface area contributed by atoms with E-state index in [0.717, 1.165) is 13.1 Å². The van der Waals surface area contributed by atoms with Crippen molar-refractivity contribution in [3.8, 4) is 0 Å². The molecule has 0 aliphatic rings. The molecule has 0 aromatic heterocycles. The summed E-state index contributed by atoms with van der Waals surface area (Å²) in [6, 6.07) is 16.3. The largest absolute Gasteiger partial charge is 0.309 e. The second-order valence-corrected chi connectivity index (χ2v) is 5.88. The van der Waals surface area contributed by atoms with Gasteiger partial charge in [0, 0.05) is 18.6 Å². The van der Waals surface area contributed by atoms with Gasteiger partial charge in [0.05, 0.1) is 0 Å². The van der Waals surface area contributed by atoms with Gasteiger partial charge in [0.15, 0.2) is 0 Å². The monoisotopic (exact) mass is 284 g/mol. The number of benzene rings is 2. The van der Waals surface area contributed by atoms with Crippen molar-refractivity contribution in [2.45, 2.75) is 39.3 Å². The molecule has 1 N–H and O–H groups in total. The minimum Gasteiger partial charge on any atom is -0.309 e. The van der Waals surface area contributed by atoms with Crippen LogP contribution >= 0.6 is 0 Å². The maximum atomic E-state index is 3.66. The summed E-state index contributed by atoms with van der Waals surface area (Å²) in [6.07, 6.45) is 1.19. The topological polar surface area (TPSA) is 15.3 Å². The predicted molar refractivity (Wildman–Crippen MR) is 92.7 cm³/mol. The summed E-state index contributed by atoms with van der Waals surface area (Å²) in [7, 11) is 2.23. The number of nitrogens with zero attached hydrogens (tertiary/aromatic N) is 1. The van der Waals surface area contributed by atoms with Crippen molar-refractivity contribution < 1.29 is 0 Å². The Morgan fingerprint density at radius 1 is 1.05 bits per heavy atom. The smallest absolute Gasteiger partial charge is 0.0455 e. The SMILES string of the molecule is CCNC(CN(C)C(C)CC)c1cccc2ccccc12. The summed E-state index contributed by atoms with van der Waals surface area (Å²) < 4.78 is 0. The van der Waals surface area contributed by atoms with Gasteiger partial charge < -0.3 is 10.2 Å². The van der Waals surface area contributed by atoms with Crippen molar-refractivity contribution >= 4 is 10.8 Å². The molecular formula is C19H28N2. The Balaban J connectivity index is 2.32.